The first-order valence-corrected chi connectivity index (χ1v) is 16.4. The molecule has 0 atom stereocenters. The molecule has 0 aliphatic heterocycles. The van der Waals surface area contributed by atoms with E-state index in [9.17, 15) is 9.79 Å². The first-order chi connectivity index (χ1) is 17.0. The monoisotopic (exact) mass is 554 g/mol. The van der Waals surface area contributed by atoms with Crippen molar-refractivity contribution in [3.8, 4) is 0 Å². The van der Waals surface area contributed by atoms with E-state index in [2.05, 4.69) is 45.7 Å². The van der Waals surface area contributed by atoms with Gasteiger partial charge in [0.1, 0.15) is 56.8 Å². The molecule has 0 radical (unpaired) electrons. The summed E-state index contributed by atoms with van der Waals surface area (Å²) in [5.74, 6) is 1.33. The maximum absolute atomic E-state index is 10.6. The summed E-state index contributed by atoms with van der Waals surface area (Å²) in [5, 5.41) is 0. The van der Waals surface area contributed by atoms with Crippen molar-refractivity contribution in [3.63, 3.8) is 0 Å². The fourth-order valence-electron chi connectivity index (χ4n) is 2.80. The summed E-state index contributed by atoms with van der Waals surface area (Å²) in [5.41, 5.74) is -3.41. The third-order valence-electron chi connectivity index (χ3n) is 4.47. The number of allylic oxidation sites excluding steroid dienone is 3. The molecule has 0 saturated carbocycles. The van der Waals surface area contributed by atoms with E-state index in [0.717, 1.165) is 19.6 Å². The van der Waals surface area contributed by atoms with Gasteiger partial charge in [-0.05, 0) is 11.5 Å². The van der Waals surface area contributed by atoms with Gasteiger partial charge in [0.05, 0.1) is 21.1 Å². The minimum Gasteiger partial charge on any atom is -0.854 e. The Balaban J connectivity index is 0.000000454. The molecule has 0 N–H and O–H groups in total. The zero-order chi connectivity index (χ0) is 27.6. The van der Waals surface area contributed by atoms with Crippen LogP contribution < -0.4 is 23.5 Å². The molecule has 0 spiro atoms. The molecule has 202 valence electrons. The Morgan fingerprint density at radius 3 is 1.11 bits per heavy atom. The Bertz CT molecular complexity index is 973. The molecule has 3 heterocycles. The minimum atomic E-state index is -3.41. The number of nitrogens with zero attached hydrogens (tertiary/aromatic N) is 6. The van der Waals surface area contributed by atoms with Crippen LogP contribution in [0.15, 0.2) is 94.1 Å². The molecule has 0 aromatic carbocycles. The Morgan fingerprint density at radius 2 is 1.00 bits per heavy atom. The first kappa shape index (κ1) is 33.9. The van der Waals surface area contributed by atoms with Gasteiger partial charge in [-0.3, -0.25) is 0 Å². The van der Waals surface area contributed by atoms with E-state index in [0.29, 0.717) is 11.5 Å². The Labute approximate surface area is 225 Å². The predicted molar refractivity (Wildman–Crippen MR) is 150 cm³/mol. The summed E-state index contributed by atoms with van der Waals surface area (Å²) in [6.45, 7) is 17.3. The van der Waals surface area contributed by atoms with Crippen LogP contribution in [0, 0.1) is 0 Å². The molecular formula is C25H43N6O2PS2. The number of aromatic nitrogens is 6. The molecule has 0 unspecified atom stereocenters. The number of rotatable bonds is 8. The number of hydrogen-bond acceptors (Lipinski definition) is 3. The smallest absolute Gasteiger partial charge is 0.243 e. The second-order valence-electron chi connectivity index (χ2n) is 7.68. The van der Waals surface area contributed by atoms with Crippen LogP contribution in [0.5, 0.6) is 0 Å². The summed E-state index contributed by atoms with van der Waals surface area (Å²) < 4.78 is 12.2. The molecular weight excluding hydrogens is 511 g/mol. The zero-order valence-electron chi connectivity index (χ0n) is 22.3. The fraction of sp³-hybridized carbons (Fsp3) is 0.400. The Morgan fingerprint density at radius 1 is 0.722 bits per heavy atom. The van der Waals surface area contributed by atoms with E-state index in [4.69, 9.17) is 0 Å². The van der Waals surface area contributed by atoms with Crippen molar-refractivity contribution in [3.05, 3.63) is 94.1 Å². The van der Waals surface area contributed by atoms with Gasteiger partial charge in [-0.25, -0.2) is 37.5 Å². The van der Waals surface area contributed by atoms with E-state index < -0.39 is 15.8 Å². The quantitative estimate of drug-likeness (QED) is 0.181. The van der Waals surface area contributed by atoms with Crippen molar-refractivity contribution in [1.29, 1.82) is 0 Å². The molecule has 0 fully saturated rings. The maximum atomic E-state index is 10.6. The van der Waals surface area contributed by atoms with Gasteiger partial charge >= 0.3 is 0 Å². The molecule has 0 aliphatic rings. The largest absolute Gasteiger partial charge is 0.854 e. The molecule has 8 nitrogen and oxygen atoms in total. The predicted octanol–water partition coefficient (Wildman–Crippen LogP) is 1.09. The summed E-state index contributed by atoms with van der Waals surface area (Å²) in [7, 11) is 5.46. The summed E-state index contributed by atoms with van der Waals surface area (Å²) in [6.07, 6.45) is 23.7. The Hall–Kier alpha value is -2.10. The van der Waals surface area contributed by atoms with Crippen molar-refractivity contribution < 1.29 is 23.5 Å². The normalized spacial score (nSPS) is 10.2. The molecule has 36 heavy (non-hydrogen) atoms. The highest BCUT2D eigenvalue weighted by atomic mass is 32.9. The number of aryl methyl sites for hydroxylation is 3. The second-order valence-corrected chi connectivity index (χ2v) is 15.8. The topological polar surface area (TPSA) is 72.5 Å². The summed E-state index contributed by atoms with van der Waals surface area (Å²) in [4.78, 5) is 21.3. The van der Waals surface area contributed by atoms with Crippen molar-refractivity contribution in [2.24, 2.45) is 21.1 Å². The van der Waals surface area contributed by atoms with Gasteiger partial charge in [-0.2, -0.15) is 0 Å². The van der Waals surface area contributed by atoms with Crippen molar-refractivity contribution in [2.75, 3.05) is 11.5 Å². The van der Waals surface area contributed by atoms with Crippen LogP contribution in [0.1, 0.15) is 13.8 Å². The van der Waals surface area contributed by atoms with E-state index in [1.165, 1.54) is 0 Å². The zero-order valence-corrected chi connectivity index (χ0v) is 24.9. The fourth-order valence-corrected chi connectivity index (χ4v) is 7.63. The SMILES string of the molecule is C=CC[n+]1ccn(C)c1.C=CC[n+]1ccn(C)c1.C=CC[n+]1ccn(C)c1.CCS(CC)=P([O-])([O-])[S-]. The number of hydrogen-bond donors (Lipinski definition) is 0. The minimum absolute atomic E-state index is 0.541. The molecule has 3 aromatic heterocycles. The van der Waals surface area contributed by atoms with Gasteiger partial charge < -0.3 is 27.7 Å². The van der Waals surface area contributed by atoms with Crippen LogP contribution in [-0.4, -0.2) is 25.2 Å². The highest BCUT2D eigenvalue weighted by molar-refractivity contribution is 8.57. The molecule has 0 bridgehead atoms. The average Bonchev–Trinajstić information content (AvgIpc) is 3.52. The highest BCUT2D eigenvalue weighted by Crippen LogP contribution is 2.27. The van der Waals surface area contributed by atoms with E-state index in [1.807, 2.05) is 123 Å². The summed E-state index contributed by atoms with van der Waals surface area (Å²) in [6, 6.07) is 0. The van der Waals surface area contributed by atoms with Crippen LogP contribution in [0.3, 0.4) is 0 Å². The van der Waals surface area contributed by atoms with Gasteiger partial charge in [0.15, 0.2) is 0 Å². The first-order valence-electron chi connectivity index (χ1n) is 11.6. The van der Waals surface area contributed by atoms with Crippen LogP contribution >= 0.6 is 5.69 Å². The summed E-state index contributed by atoms with van der Waals surface area (Å²) >= 11 is 4.32. The van der Waals surface area contributed by atoms with E-state index in [1.54, 1.807) is 0 Å². The molecule has 3 aromatic rings. The second kappa shape index (κ2) is 19.1. The van der Waals surface area contributed by atoms with Crippen molar-refractivity contribution in [1.82, 2.24) is 13.7 Å². The average molecular weight is 555 g/mol. The lowest BCUT2D eigenvalue weighted by atomic mass is 10.6. The molecule has 0 amide bonds. The van der Waals surface area contributed by atoms with Crippen molar-refractivity contribution in [2.45, 2.75) is 33.5 Å². The molecule has 0 aliphatic carbocycles. The third-order valence-corrected chi connectivity index (χ3v) is 11.8. The van der Waals surface area contributed by atoms with E-state index >= 15 is 0 Å². The lowest BCUT2D eigenvalue weighted by molar-refractivity contribution is -0.686. The van der Waals surface area contributed by atoms with Crippen LogP contribution in [0.25, 0.3) is 0 Å². The standard InChI is InChI=1S/3C7H11N2.C4H10O2PS2/c3*1-3-4-9-6-5-8(2)7-9;1-3-9(4-2)7(5,6)8/h3*3,5-7H,1,4H2,2H3;3-4H2,1-2H3/q3*+1;-3. The molecule has 3 rings (SSSR count). The van der Waals surface area contributed by atoms with E-state index in [-0.39, 0.29) is 0 Å². The molecule has 11 heteroatoms. The lowest BCUT2D eigenvalue weighted by Crippen LogP contribution is -2.29. The van der Waals surface area contributed by atoms with Gasteiger partial charge in [-0.15, -0.1) is 0 Å². The highest BCUT2D eigenvalue weighted by Gasteiger charge is 1.95. The third kappa shape index (κ3) is 15.8. The Kier molecular flexibility index (Phi) is 18.0. The number of imidazole rings is 3. The van der Waals surface area contributed by atoms with Gasteiger partial charge in [0.2, 0.25) is 19.0 Å². The maximum Gasteiger partial charge on any atom is 0.243 e. The van der Waals surface area contributed by atoms with Gasteiger partial charge in [0.25, 0.3) is 0 Å². The van der Waals surface area contributed by atoms with Crippen LogP contribution in [-0.2, 0) is 63.1 Å². The van der Waals surface area contributed by atoms with Gasteiger partial charge in [-0.1, -0.05) is 51.8 Å². The van der Waals surface area contributed by atoms with Crippen molar-refractivity contribution >= 4 is 28.0 Å². The lowest BCUT2D eigenvalue weighted by Gasteiger charge is -2.53. The molecule has 0 saturated heterocycles. The van der Waals surface area contributed by atoms with Gasteiger partial charge in [0, 0.05) is 0 Å². The van der Waals surface area contributed by atoms with Crippen LogP contribution in [0.4, 0.5) is 0 Å². The van der Waals surface area contributed by atoms with Crippen LogP contribution in [0.2, 0.25) is 0 Å².